The molecule has 4 nitrogen and oxygen atoms in total. The number of thioether (sulfide) groups is 1. The van der Waals surface area contributed by atoms with Crippen molar-refractivity contribution in [2.75, 3.05) is 6.54 Å². The van der Waals surface area contributed by atoms with Crippen LogP contribution in [0.3, 0.4) is 0 Å². The number of benzene rings is 1. The Bertz CT molecular complexity index is 760. The van der Waals surface area contributed by atoms with Gasteiger partial charge < -0.3 is 9.64 Å². The monoisotopic (exact) mass is 396 g/mol. The summed E-state index contributed by atoms with van der Waals surface area (Å²) in [5, 5.41) is 1.81. The van der Waals surface area contributed by atoms with Gasteiger partial charge in [-0.3, -0.25) is 0 Å². The van der Waals surface area contributed by atoms with E-state index in [1.54, 1.807) is 0 Å². The first-order valence-electron chi connectivity index (χ1n) is 10.4. The van der Waals surface area contributed by atoms with Gasteiger partial charge >= 0.3 is 6.09 Å². The topological polar surface area (TPSA) is 42.4 Å². The zero-order chi connectivity index (χ0) is 19.2. The average Bonchev–Trinajstić information content (AvgIpc) is 3.24. The van der Waals surface area contributed by atoms with E-state index < -0.39 is 0 Å². The number of rotatable bonds is 5. The van der Waals surface area contributed by atoms with Gasteiger partial charge in [-0.2, -0.15) is 0 Å². The zero-order valence-electron chi connectivity index (χ0n) is 16.3. The molecule has 1 aromatic heterocycles. The van der Waals surface area contributed by atoms with Crippen LogP contribution in [0.25, 0.3) is 0 Å². The Morgan fingerprint density at radius 1 is 1.04 bits per heavy atom. The molecule has 0 spiro atoms. The van der Waals surface area contributed by atoms with Crippen LogP contribution in [0.5, 0.6) is 0 Å². The average molecular weight is 397 g/mol. The van der Waals surface area contributed by atoms with E-state index in [0.717, 1.165) is 35.5 Å². The molecule has 2 aromatic rings. The van der Waals surface area contributed by atoms with E-state index in [2.05, 4.69) is 17.1 Å². The molecular formula is C23H28N2O2S. The van der Waals surface area contributed by atoms with Crippen molar-refractivity contribution in [3.8, 4) is 0 Å². The normalized spacial score (nSPS) is 20.3. The lowest BCUT2D eigenvalue weighted by atomic mass is 10.0. The molecule has 4 rings (SSSR count). The lowest BCUT2D eigenvalue weighted by Gasteiger charge is -2.24. The van der Waals surface area contributed by atoms with Crippen LogP contribution in [0.2, 0.25) is 0 Å². The predicted molar refractivity (Wildman–Crippen MR) is 112 cm³/mol. The summed E-state index contributed by atoms with van der Waals surface area (Å²) in [6, 6.07) is 14.2. The molecule has 1 saturated heterocycles. The van der Waals surface area contributed by atoms with Crippen molar-refractivity contribution in [1.82, 2.24) is 9.88 Å². The second-order valence-electron chi connectivity index (χ2n) is 7.70. The third kappa shape index (κ3) is 4.88. The van der Waals surface area contributed by atoms with Crippen LogP contribution in [0.1, 0.15) is 62.1 Å². The van der Waals surface area contributed by atoms with E-state index in [0.29, 0.717) is 11.9 Å². The van der Waals surface area contributed by atoms with Crippen LogP contribution in [0.15, 0.2) is 53.7 Å². The summed E-state index contributed by atoms with van der Waals surface area (Å²) >= 11 is 1.91. The molecule has 2 aliphatic rings. The van der Waals surface area contributed by atoms with Gasteiger partial charge in [0.25, 0.3) is 0 Å². The van der Waals surface area contributed by atoms with Crippen molar-refractivity contribution >= 4 is 17.9 Å². The van der Waals surface area contributed by atoms with Gasteiger partial charge in [-0.25, -0.2) is 9.78 Å². The Balaban J connectivity index is 1.35. The molecule has 2 fully saturated rings. The number of aromatic nitrogens is 1. The van der Waals surface area contributed by atoms with E-state index in [4.69, 9.17) is 4.74 Å². The van der Waals surface area contributed by atoms with Crippen LogP contribution in [-0.4, -0.2) is 27.8 Å². The Morgan fingerprint density at radius 3 is 2.61 bits per heavy atom. The molecule has 1 unspecified atom stereocenters. The standard InChI is InChI=1S/C23H28N2O2S/c26-23(27-17-18-8-3-1-4-9-18)25-15-7-12-21(25)19-13-14-22(24-16-19)28-20-10-5-2-6-11-20/h1,3-4,8-9,13-14,16,20-21H,2,5-7,10-12,15,17H2. The molecule has 1 amide bonds. The molecule has 0 bridgehead atoms. The first-order valence-corrected chi connectivity index (χ1v) is 11.3. The SMILES string of the molecule is O=C(OCc1ccccc1)N1CCCC1c1ccc(SC2CCCCC2)nc1. The molecular weight excluding hydrogens is 368 g/mol. The van der Waals surface area contributed by atoms with Crippen molar-refractivity contribution in [3.05, 3.63) is 59.8 Å². The summed E-state index contributed by atoms with van der Waals surface area (Å²) in [7, 11) is 0. The predicted octanol–water partition coefficient (Wildman–Crippen LogP) is 5.98. The second kappa shape index (κ2) is 9.46. The first kappa shape index (κ1) is 19.3. The summed E-state index contributed by atoms with van der Waals surface area (Å²) in [6.45, 7) is 1.06. The molecule has 0 radical (unpaired) electrons. The number of likely N-dealkylation sites (tertiary alicyclic amines) is 1. The summed E-state index contributed by atoms with van der Waals surface area (Å²) in [4.78, 5) is 19.2. The van der Waals surface area contributed by atoms with Gasteiger partial charge in [0.05, 0.1) is 11.1 Å². The molecule has 5 heteroatoms. The number of pyridine rings is 1. The Morgan fingerprint density at radius 2 is 1.86 bits per heavy atom. The lowest BCUT2D eigenvalue weighted by molar-refractivity contribution is 0.0920. The Hall–Kier alpha value is -2.01. The number of hydrogen-bond donors (Lipinski definition) is 0. The quantitative estimate of drug-likeness (QED) is 0.623. The van der Waals surface area contributed by atoms with Crippen molar-refractivity contribution in [2.45, 2.75) is 67.9 Å². The van der Waals surface area contributed by atoms with Crippen LogP contribution >= 0.6 is 11.8 Å². The molecule has 0 N–H and O–H groups in total. The fourth-order valence-corrected chi connectivity index (χ4v) is 5.32. The molecule has 1 aromatic carbocycles. The van der Waals surface area contributed by atoms with Crippen molar-refractivity contribution in [3.63, 3.8) is 0 Å². The van der Waals surface area contributed by atoms with Crippen LogP contribution in [0, 0.1) is 0 Å². The van der Waals surface area contributed by atoms with E-state index >= 15 is 0 Å². The number of carbonyl (C=O) groups excluding carboxylic acids is 1. The van der Waals surface area contributed by atoms with Crippen LogP contribution in [0.4, 0.5) is 4.79 Å². The van der Waals surface area contributed by atoms with Crippen molar-refractivity contribution < 1.29 is 9.53 Å². The van der Waals surface area contributed by atoms with Gasteiger partial charge in [0, 0.05) is 18.0 Å². The maximum Gasteiger partial charge on any atom is 0.410 e. The summed E-state index contributed by atoms with van der Waals surface area (Å²) in [5.41, 5.74) is 2.12. The first-order chi connectivity index (χ1) is 13.8. The molecule has 148 valence electrons. The maximum atomic E-state index is 12.6. The van der Waals surface area contributed by atoms with Gasteiger partial charge in [0.2, 0.25) is 0 Å². The zero-order valence-corrected chi connectivity index (χ0v) is 17.1. The van der Waals surface area contributed by atoms with Gasteiger partial charge in [-0.05, 0) is 42.9 Å². The van der Waals surface area contributed by atoms with Crippen LogP contribution < -0.4 is 0 Å². The summed E-state index contributed by atoms with van der Waals surface area (Å²) in [6.07, 6.45) is 10.4. The minimum atomic E-state index is -0.230. The number of carbonyl (C=O) groups is 1. The Labute approximate surface area is 171 Å². The lowest BCUT2D eigenvalue weighted by Crippen LogP contribution is -2.31. The summed E-state index contributed by atoms with van der Waals surface area (Å²) < 4.78 is 5.55. The van der Waals surface area contributed by atoms with Crippen molar-refractivity contribution in [1.29, 1.82) is 0 Å². The van der Waals surface area contributed by atoms with E-state index in [1.807, 2.05) is 53.2 Å². The Kier molecular flexibility index (Phi) is 6.53. The minimum absolute atomic E-state index is 0.0736. The highest BCUT2D eigenvalue weighted by Crippen LogP contribution is 2.35. The largest absolute Gasteiger partial charge is 0.445 e. The smallest absolute Gasteiger partial charge is 0.410 e. The van der Waals surface area contributed by atoms with Crippen LogP contribution in [-0.2, 0) is 11.3 Å². The molecule has 1 aliphatic heterocycles. The highest BCUT2D eigenvalue weighted by atomic mass is 32.2. The third-order valence-corrected chi connectivity index (χ3v) is 6.96. The molecule has 1 aliphatic carbocycles. The fourth-order valence-electron chi connectivity index (χ4n) is 4.15. The number of ether oxygens (including phenoxy) is 1. The molecule has 2 heterocycles. The van der Waals surface area contributed by atoms with Gasteiger partial charge in [0.15, 0.2) is 0 Å². The van der Waals surface area contributed by atoms with E-state index in [1.165, 1.54) is 32.1 Å². The minimum Gasteiger partial charge on any atom is -0.445 e. The number of hydrogen-bond acceptors (Lipinski definition) is 4. The van der Waals surface area contributed by atoms with E-state index in [9.17, 15) is 4.79 Å². The highest BCUT2D eigenvalue weighted by Gasteiger charge is 2.31. The second-order valence-corrected chi connectivity index (χ2v) is 9.02. The summed E-state index contributed by atoms with van der Waals surface area (Å²) in [5.74, 6) is 0. The van der Waals surface area contributed by atoms with Gasteiger partial charge in [0.1, 0.15) is 6.61 Å². The highest BCUT2D eigenvalue weighted by molar-refractivity contribution is 7.99. The van der Waals surface area contributed by atoms with Gasteiger partial charge in [-0.1, -0.05) is 55.7 Å². The number of amides is 1. The maximum absolute atomic E-state index is 12.6. The molecule has 1 atom stereocenters. The fraction of sp³-hybridized carbons (Fsp3) is 0.478. The van der Waals surface area contributed by atoms with Crippen molar-refractivity contribution in [2.24, 2.45) is 0 Å². The molecule has 28 heavy (non-hydrogen) atoms. The third-order valence-electron chi connectivity index (χ3n) is 5.68. The number of nitrogens with zero attached hydrogens (tertiary/aromatic N) is 2. The van der Waals surface area contributed by atoms with E-state index in [-0.39, 0.29) is 12.1 Å². The molecule has 1 saturated carbocycles. The van der Waals surface area contributed by atoms with Gasteiger partial charge in [-0.15, -0.1) is 11.8 Å².